The Morgan fingerprint density at radius 1 is 1.31 bits per heavy atom. The summed E-state index contributed by atoms with van der Waals surface area (Å²) in [6, 6.07) is 1.82. The Bertz CT molecular complexity index is 358. The van der Waals surface area contributed by atoms with E-state index < -0.39 is 23.4 Å². The molecule has 2 nitrogen and oxygen atoms in total. The average molecular weight is 252 g/mol. The first kappa shape index (κ1) is 15.1. The minimum absolute atomic E-state index is 0. The molecule has 1 atom stereocenters. The van der Waals surface area contributed by atoms with Crippen LogP contribution in [0.3, 0.4) is 0 Å². The minimum atomic E-state index is -1.23. The quantitative estimate of drug-likeness (QED) is 0.867. The summed E-state index contributed by atoms with van der Waals surface area (Å²) >= 11 is 0. The summed E-state index contributed by atoms with van der Waals surface area (Å²) < 4.78 is 25.7. The van der Waals surface area contributed by atoms with Crippen LogP contribution in [0.25, 0.3) is 0 Å². The van der Waals surface area contributed by atoms with Gasteiger partial charge in [-0.3, -0.25) is 0 Å². The molecule has 1 aromatic carbocycles. The van der Waals surface area contributed by atoms with Crippen molar-refractivity contribution in [3.8, 4) is 5.75 Å². The van der Waals surface area contributed by atoms with Crippen molar-refractivity contribution >= 4 is 12.4 Å². The van der Waals surface area contributed by atoms with Gasteiger partial charge in [0.1, 0.15) is 0 Å². The highest BCUT2D eigenvalue weighted by atomic mass is 35.5. The van der Waals surface area contributed by atoms with Crippen LogP contribution in [0, 0.1) is 17.6 Å². The number of hydrogen-bond donors (Lipinski definition) is 2. The molecular formula is C11H16ClF2NO. The van der Waals surface area contributed by atoms with E-state index in [9.17, 15) is 13.9 Å². The van der Waals surface area contributed by atoms with Gasteiger partial charge in [0.15, 0.2) is 11.6 Å². The highest BCUT2D eigenvalue weighted by Gasteiger charge is 2.17. The molecule has 5 heteroatoms. The van der Waals surface area contributed by atoms with Crippen LogP contribution in [0.2, 0.25) is 0 Å². The number of benzene rings is 1. The Hall–Kier alpha value is -0.870. The van der Waals surface area contributed by atoms with E-state index in [1.54, 1.807) is 0 Å². The third-order valence-electron chi connectivity index (χ3n) is 2.23. The van der Waals surface area contributed by atoms with E-state index >= 15 is 0 Å². The maximum atomic E-state index is 13.0. The lowest BCUT2D eigenvalue weighted by Crippen LogP contribution is -2.13. The SMILES string of the molecule is CC(C)C[C@@H](N)c1ccc(F)c(F)c1O.Cl. The molecule has 0 unspecified atom stereocenters. The lowest BCUT2D eigenvalue weighted by molar-refractivity contribution is 0.391. The molecule has 0 amide bonds. The second-order valence-electron chi connectivity index (χ2n) is 4.04. The second kappa shape index (κ2) is 6.01. The topological polar surface area (TPSA) is 46.2 Å². The highest BCUT2D eigenvalue weighted by molar-refractivity contribution is 5.85. The molecule has 1 aromatic rings. The van der Waals surface area contributed by atoms with E-state index in [0.717, 1.165) is 6.07 Å². The largest absolute Gasteiger partial charge is 0.505 e. The van der Waals surface area contributed by atoms with Crippen molar-refractivity contribution in [1.29, 1.82) is 0 Å². The van der Waals surface area contributed by atoms with Crippen LogP contribution in [0.4, 0.5) is 8.78 Å². The van der Waals surface area contributed by atoms with E-state index in [-0.39, 0.29) is 18.0 Å². The molecule has 0 spiro atoms. The van der Waals surface area contributed by atoms with Crippen LogP contribution in [0.5, 0.6) is 5.75 Å². The molecule has 3 N–H and O–H groups in total. The van der Waals surface area contributed by atoms with E-state index in [2.05, 4.69) is 0 Å². The number of rotatable bonds is 3. The predicted octanol–water partition coefficient (Wildman–Crippen LogP) is 3.14. The number of halogens is 3. The van der Waals surface area contributed by atoms with Gasteiger partial charge in [-0.05, 0) is 18.4 Å². The highest BCUT2D eigenvalue weighted by Crippen LogP contribution is 2.30. The van der Waals surface area contributed by atoms with Gasteiger partial charge in [0, 0.05) is 11.6 Å². The normalized spacial score (nSPS) is 12.4. The first-order chi connectivity index (χ1) is 6.93. The molecule has 0 radical (unpaired) electrons. The fourth-order valence-electron chi connectivity index (χ4n) is 1.49. The summed E-state index contributed by atoms with van der Waals surface area (Å²) in [5.74, 6) is -2.64. The maximum absolute atomic E-state index is 13.0. The third-order valence-corrected chi connectivity index (χ3v) is 2.23. The zero-order chi connectivity index (χ0) is 11.6. The lowest BCUT2D eigenvalue weighted by atomic mass is 9.97. The van der Waals surface area contributed by atoms with Gasteiger partial charge in [0.2, 0.25) is 5.82 Å². The molecule has 0 aliphatic heterocycles. The van der Waals surface area contributed by atoms with Crippen LogP contribution in [0.15, 0.2) is 12.1 Å². The van der Waals surface area contributed by atoms with Crippen molar-refractivity contribution in [3.05, 3.63) is 29.3 Å². The van der Waals surface area contributed by atoms with Crippen LogP contribution in [-0.2, 0) is 0 Å². The second-order valence-corrected chi connectivity index (χ2v) is 4.04. The van der Waals surface area contributed by atoms with Gasteiger partial charge in [-0.25, -0.2) is 4.39 Å². The van der Waals surface area contributed by atoms with Crippen LogP contribution >= 0.6 is 12.4 Å². The molecule has 0 aliphatic carbocycles. The zero-order valence-electron chi connectivity index (χ0n) is 9.21. The van der Waals surface area contributed by atoms with Gasteiger partial charge >= 0.3 is 0 Å². The summed E-state index contributed by atoms with van der Waals surface area (Å²) in [5, 5.41) is 9.37. The summed E-state index contributed by atoms with van der Waals surface area (Å²) in [5.41, 5.74) is 6.02. The predicted molar refractivity (Wildman–Crippen MR) is 61.7 cm³/mol. The summed E-state index contributed by atoms with van der Waals surface area (Å²) in [6.45, 7) is 3.94. The third kappa shape index (κ3) is 3.32. The van der Waals surface area contributed by atoms with Crippen molar-refractivity contribution in [2.75, 3.05) is 0 Å². The molecule has 16 heavy (non-hydrogen) atoms. The Morgan fingerprint density at radius 2 is 1.88 bits per heavy atom. The molecule has 0 fully saturated rings. The molecule has 0 saturated carbocycles. The van der Waals surface area contributed by atoms with E-state index in [1.807, 2.05) is 13.8 Å². The van der Waals surface area contributed by atoms with E-state index in [4.69, 9.17) is 5.73 Å². The van der Waals surface area contributed by atoms with Crippen molar-refractivity contribution in [2.45, 2.75) is 26.3 Å². The van der Waals surface area contributed by atoms with Gasteiger partial charge in [-0.1, -0.05) is 19.9 Å². The number of hydrogen-bond acceptors (Lipinski definition) is 2. The smallest absolute Gasteiger partial charge is 0.200 e. The standard InChI is InChI=1S/C11H15F2NO.ClH/c1-6(2)5-9(14)7-3-4-8(12)10(13)11(7)15;/h3-4,6,9,15H,5,14H2,1-2H3;1H/t9-;/m1./s1. The molecule has 92 valence electrons. The van der Waals surface area contributed by atoms with Gasteiger partial charge < -0.3 is 10.8 Å². The molecular weight excluding hydrogens is 236 g/mol. The Labute approximate surface area is 99.9 Å². The molecule has 0 saturated heterocycles. The van der Waals surface area contributed by atoms with E-state index in [1.165, 1.54) is 6.07 Å². The molecule has 0 bridgehead atoms. The maximum Gasteiger partial charge on any atom is 0.200 e. The number of phenols is 1. The molecule has 0 heterocycles. The van der Waals surface area contributed by atoms with Crippen molar-refractivity contribution in [2.24, 2.45) is 11.7 Å². The van der Waals surface area contributed by atoms with Gasteiger partial charge in [-0.2, -0.15) is 4.39 Å². The lowest BCUT2D eigenvalue weighted by Gasteiger charge is -2.16. The monoisotopic (exact) mass is 251 g/mol. The van der Waals surface area contributed by atoms with Crippen LogP contribution < -0.4 is 5.73 Å². The van der Waals surface area contributed by atoms with Crippen LogP contribution in [0.1, 0.15) is 31.9 Å². The van der Waals surface area contributed by atoms with Gasteiger partial charge in [0.25, 0.3) is 0 Å². The van der Waals surface area contributed by atoms with E-state index in [0.29, 0.717) is 12.3 Å². The Kier molecular flexibility index (Phi) is 5.68. The number of phenolic OH excluding ortho intramolecular Hbond substituents is 1. The first-order valence-corrected chi connectivity index (χ1v) is 4.86. The fourth-order valence-corrected chi connectivity index (χ4v) is 1.49. The van der Waals surface area contributed by atoms with Crippen molar-refractivity contribution in [1.82, 2.24) is 0 Å². The van der Waals surface area contributed by atoms with Gasteiger partial charge in [0.05, 0.1) is 0 Å². The summed E-state index contributed by atoms with van der Waals surface area (Å²) in [4.78, 5) is 0. The molecule has 0 aromatic heterocycles. The molecule has 0 aliphatic rings. The van der Waals surface area contributed by atoms with Gasteiger partial charge in [-0.15, -0.1) is 12.4 Å². The fraction of sp³-hybridized carbons (Fsp3) is 0.455. The number of aromatic hydroxyl groups is 1. The van der Waals surface area contributed by atoms with Crippen LogP contribution in [-0.4, -0.2) is 5.11 Å². The average Bonchev–Trinajstić information content (AvgIpc) is 2.13. The summed E-state index contributed by atoms with van der Waals surface area (Å²) in [6.07, 6.45) is 0.610. The summed E-state index contributed by atoms with van der Waals surface area (Å²) in [7, 11) is 0. The van der Waals surface area contributed by atoms with Crippen molar-refractivity contribution < 1.29 is 13.9 Å². The zero-order valence-corrected chi connectivity index (χ0v) is 10.0. The number of nitrogens with two attached hydrogens (primary N) is 1. The first-order valence-electron chi connectivity index (χ1n) is 4.86. The Morgan fingerprint density at radius 3 is 2.38 bits per heavy atom. The Balaban J connectivity index is 0.00000225. The minimum Gasteiger partial charge on any atom is -0.505 e. The van der Waals surface area contributed by atoms with Crippen molar-refractivity contribution in [3.63, 3.8) is 0 Å². The molecule has 1 rings (SSSR count).